The van der Waals surface area contributed by atoms with E-state index in [1.807, 2.05) is 42.5 Å². The minimum Gasteiger partial charge on any atom is -0.307 e. The molecule has 0 aliphatic heterocycles. The van der Waals surface area contributed by atoms with Gasteiger partial charge in [0.15, 0.2) is 0 Å². The van der Waals surface area contributed by atoms with Crippen LogP contribution in [0.3, 0.4) is 0 Å². The van der Waals surface area contributed by atoms with Gasteiger partial charge in [0.2, 0.25) is 0 Å². The van der Waals surface area contributed by atoms with Crippen molar-refractivity contribution in [3.05, 3.63) is 72.0 Å². The highest BCUT2D eigenvalue weighted by molar-refractivity contribution is 6.06. The number of benzene rings is 3. The summed E-state index contributed by atoms with van der Waals surface area (Å²) in [5.74, 6) is -0.322. The first-order valence-corrected chi connectivity index (χ1v) is 6.95. The molecule has 4 heteroatoms. The van der Waals surface area contributed by atoms with Gasteiger partial charge in [-0.2, -0.15) is 0 Å². The quantitative estimate of drug-likeness (QED) is 0.691. The summed E-state index contributed by atoms with van der Waals surface area (Å²) in [7, 11) is 0. The molecule has 3 nitrogen and oxygen atoms in total. The second-order valence-electron chi connectivity index (χ2n) is 5.07. The lowest BCUT2D eigenvalue weighted by Gasteiger charge is -2.11. The maximum absolute atomic E-state index is 13.1. The Kier molecular flexibility index (Phi) is 3.74. The molecule has 0 saturated carbocycles. The summed E-state index contributed by atoms with van der Waals surface area (Å²) in [6.45, 7) is 1.75. The topological polar surface area (TPSA) is 41.1 Å². The fourth-order valence-corrected chi connectivity index (χ4v) is 2.38. The van der Waals surface area contributed by atoms with Crippen LogP contribution in [0.5, 0.6) is 0 Å². The summed E-state index contributed by atoms with van der Waals surface area (Å²) < 4.78 is 13.1. The molecule has 0 bridgehead atoms. The predicted octanol–water partition coefficient (Wildman–Crippen LogP) is 4.93. The molecule has 22 heavy (non-hydrogen) atoms. The predicted molar refractivity (Wildman–Crippen MR) is 87.7 cm³/mol. The van der Waals surface area contributed by atoms with Crippen LogP contribution >= 0.6 is 0 Å². The van der Waals surface area contributed by atoms with Crippen LogP contribution < -0.4 is 10.6 Å². The van der Waals surface area contributed by atoms with Crippen molar-refractivity contribution in [1.82, 2.24) is 0 Å². The van der Waals surface area contributed by atoms with Crippen molar-refractivity contribution in [3.63, 3.8) is 0 Å². The van der Waals surface area contributed by atoms with E-state index in [0.29, 0.717) is 11.3 Å². The van der Waals surface area contributed by atoms with Crippen molar-refractivity contribution in [1.29, 1.82) is 0 Å². The number of fused-ring (bicyclic) bond motifs is 1. The molecule has 0 atom stereocenters. The number of carbonyl (C=O) groups is 1. The van der Waals surface area contributed by atoms with Gasteiger partial charge in [0.1, 0.15) is 5.82 Å². The summed E-state index contributed by atoms with van der Waals surface area (Å²) in [4.78, 5) is 12.1. The Morgan fingerprint density at radius 2 is 1.64 bits per heavy atom. The molecule has 0 fully saturated rings. The van der Waals surface area contributed by atoms with Crippen LogP contribution in [0.1, 0.15) is 5.56 Å². The number of amides is 2. The maximum Gasteiger partial charge on any atom is 0.323 e. The Balaban J connectivity index is 1.81. The number of rotatable bonds is 2. The summed E-state index contributed by atoms with van der Waals surface area (Å²) in [6, 6.07) is 17.4. The molecular weight excluding hydrogens is 279 g/mol. The minimum atomic E-state index is -0.355. The number of halogens is 1. The lowest BCUT2D eigenvalue weighted by molar-refractivity contribution is 0.262. The molecule has 0 heterocycles. The average molecular weight is 294 g/mol. The molecular formula is C18H15FN2O. The minimum absolute atomic E-state index is 0.322. The molecule has 0 radical (unpaired) electrons. The number of aryl methyl sites for hydroxylation is 1. The Labute approximate surface area is 127 Å². The van der Waals surface area contributed by atoms with E-state index in [4.69, 9.17) is 0 Å². The van der Waals surface area contributed by atoms with Crippen molar-refractivity contribution in [2.45, 2.75) is 6.92 Å². The van der Waals surface area contributed by atoms with Gasteiger partial charge in [-0.3, -0.25) is 0 Å². The third kappa shape index (κ3) is 2.91. The number of anilines is 2. The van der Waals surface area contributed by atoms with Gasteiger partial charge in [0.25, 0.3) is 0 Å². The number of hydrogen-bond acceptors (Lipinski definition) is 1. The third-order valence-corrected chi connectivity index (χ3v) is 3.47. The summed E-state index contributed by atoms with van der Waals surface area (Å²) in [5, 5.41) is 7.59. The molecule has 0 aliphatic rings. The zero-order valence-electron chi connectivity index (χ0n) is 12.1. The van der Waals surface area contributed by atoms with Crippen LogP contribution in [0.15, 0.2) is 60.7 Å². The molecule has 3 rings (SSSR count). The lowest BCUT2D eigenvalue weighted by Crippen LogP contribution is -2.20. The SMILES string of the molecule is Cc1cc(F)ccc1NC(=O)Nc1cccc2ccccc12. The van der Waals surface area contributed by atoms with E-state index in [2.05, 4.69) is 10.6 Å². The van der Waals surface area contributed by atoms with Crippen LogP contribution in [0.4, 0.5) is 20.6 Å². The molecule has 2 amide bonds. The van der Waals surface area contributed by atoms with Gasteiger partial charge in [-0.05, 0) is 42.1 Å². The molecule has 0 aliphatic carbocycles. The van der Waals surface area contributed by atoms with Crippen molar-refractivity contribution >= 4 is 28.2 Å². The molecule has 2 N–H and O–H groups in total. The Morgan fingerprint density at radius 3 is 2.45 bits per heavy atom. The first-order valence-electron chi connectivity index (χ1n) is 6.95. The van der Waals surface area contributed by atoms with Gasteiger partial charge in [0.05, 0.1) is 5.69 Å². The fraction of sp³-hybridized carbons (Fsp3) is 0.0556. The van der Waals surface area contributed by atoms with Gasteiger partial charge in [-0.25, -0.2) is 9.18 Å². The van der Waals surface area contributed by atoms with E-state index >= 15 is 0 Å². The Hall–Kier alpha value is -2.88. The van der Waals surface area contributed by atoms with Crippen molar-refractivity contribution in [2.75, 3.05) is 10.6 Å². The van der Waals surface area contributed by atoms with Gasteiger partial charge in [-0.1, -0.05) is 36.4 Å². The van der Waals surface area contributed by atoms with Crippen LogP contribution in [-0.2, 0) is 0 Å². The lowest BCUT2D eigenvalue weighted by atomic mass is 10.1. The van der Waals surface area contributed by atoms with Gasteiger partial charge in [-0.15, -0.1) is 0 Å². The zero-order chi connectivity index (χ0) is 15.5. The number of nitrogens with one attached hydrogen (secondary N) is 2. The van der Waals surface area contributed by atoms with Gasteiger partial charge in [0, 0.05) is 11.1 Å². The standard InChI is InChI=1S/C18H15FN2O/c1-12-11-14(19)9-10-16(12)20-18(22)21-17-8-4-6-13-5-2-3-7-15(13)17/h2-11H,1H3,(H2,20,21,22). The molecule has 0 aromatic heterocycles. The Morgan fingerprint density at radius 1 is 0.909 bits per heavy atom. The molecule has 0 saturated heterocycles. The highest BCUT2D eigenvalue weighted by Crippen LogP contribution is 2.23. The van der Waals surface area contributed by atoms with Crippen molar-refractivity contribution in [2.24, 2.45) is 0 Å². The number of urea groups is 1. The normalized spacial score (nSPS) is 10.5. The van der Waals surface area contributed by atoms with Crippen molar-refractivity contribution < 1.29 is 9.18 Å². The first-order chi connectivity index (χ1) is 10.6. The van der Waals surface area contributed by atoms with E-state index in [-0.39, 0.29) is 11.8 Å². The monoisotopic (exact) mass is 294 g/mol. The first kappa shape index (κ1) is 14.1. The van der Waals surface area contributed by atoms with E-state index in [1.54, 1.807) is 13.0 Å². The molecule has 3 aromatic rings. The fourth-order valence-electron chi connectivity index (χ4n) is 2.38. The van der Waals surface area contributed by atoms with Crippen molar-refractivity contribution in [3.8, 4) is 0 Å². The molecule has 3 aromatic carbocycles. The number of hydrogen-bond donors (Lipinski definition) is 2. The van der Waals surface area contributed by atoms with Gasteiger partial charge >= 0.3 is 6.03 Å². The second-order valence-corrected chi connectivity index (χ2v) is 5.07. The zero-order valence-corrected chi connectivity index (χ0v) is 12.1. The van der Waals surface area contributed by atoms with Crippen LogP contribution in [0.25, 0.3) is 10.8 Å². The molecule has 110 valence electrons. The summed E-state index contributed by atoms with van der Waals surface area (Å²) in [6.07, 6.45) is 0. The van der Waals surface area contributed by atoms with E-state index in [9.17, 15) is 9.18 Å². The van der Waals surface area contributed by atoms with Crippen LogP contribution in [0.2, 0.25) is 0 Å². The van der Waals surface area contributed by atoms with Crippen LogP contribution in [0, 0.1) is 12.7 Å². The number of carbonyl (C=O) groups excluding carboxylic acids is 1. The molecule has 0 spiro atoms. The maximum atomic E-state index is 13.1. The summed E-state index contributed by atoms with van der Waals surface area (Å²) in [5.41, 5.74) is 1.99. The highest BCUT2D eigenvalue weighted by Gasteiger charge is 2.07. The third-order valence-electron chi connectivity index (χ3n) is 3.47. The highest BCUT2D eigenvalue weighted by atomic mass is 19.1. The smallest absolute Gasteiger partial charge is 0.307 e. The van der Waals surface area contributed by atoms with Gasteiger partial charge < -0.3 is 10.6 Å². The van der Waals surface area contributed by atoms with E-state index < -0.39 is 0 Å². The van der Waals surface area contributed by atoms with E-state index in [1.165, 1.54) is 12.1 Å². The average Bonchev–Trinajstić information content (AvgIpc) is 2.50. The van der Waals surface area contributed by atoms with E-state index in [0.717, 1.165) is 16.5 Å². The Bertz CT molecular complexity index is 840. The second kappa shape index (κ2) is 5.85. The largest absolute Gasteiger partial charge is 0.323 e. The van der Waals surface area contributed by atoms with Crippen LogP contribution in [-0.4, -0.2) is 6.03 Å². The molecule has 0 unspecified atom stereocenters. The summed E-state index contributed by atoms with van der Waals surface area (Å²) >= 11 is 0.